The molecule has 0 amide bonds. The van der Waals surface area contributed by atoms with Gasteiger partial charge in [-0.15, -0.1) is 0 Å². The number of hydrogen-bond donors (Lipinski definition) is 2. The first-order valence-corrected chi connectivity index (χ1v) is 1.47. The summed E-state index contributed by atoms with van der Waals surface area (Å²) < 4.78 is 0. The number of carbonyl (C=O) groups is 1. The molecule has 0 aromatic rings. The lowest BCUT2D eigenvalue weighted by Crippen LogP contribution is -2.23. The largest absolute Gasteiger partial charge is 0.423 e. The molecule has 5 heteroatoms. The quantitative estimate of drug-likeness (QED) is 0.277. The Morgan fingerprint density at radius 1 is 2.00 bits per heavy atom. The van der Waals surface area contributed by atoms with Gasteiger partial charge in [-0.3, -0.25) is 0 Å². The van der Waals surface area contributed by atoms with Gasteiger partial charge in [-0.05, 0) is 0 Å². The lowest BCUT2D eigenvalue weighted by atomic mass is 11.6. The highest BCUT2D eigenvalue weighted by Crippen LogP contribution is 1.77. The minimum atomic E-state index is -0.975. The summed E-state index contributed by atoms with van der Waals surface area (Å²) in [6.07, 6.45) is 0. The summed E-state index contributed by atoms with van der Waals surface area (Å²) in [5.41, 5.74) is 0.611. The first-order valence-electron chi connectivity index (χ1n) is 1.09. The smallest absolute Gasteiger partial charge is 0.343 e. The molecule has 36 valence electrons. The average molecular weight is 110 g/mol. The predicted molar refractivity (Wildman–Crippen MR) is 19.7 cm³/mol. The Hall–Kier alpha value is -0.320. The van der Waals surface area contributed by atoms with Crippen LogP contribution >= 0.6 is 11.6 Å². The molecule has 6 heavy (non-hydrogen) atoms. The minimum absolute atomic E-state index is 0.975. The third-order valence-corrected chi connectivity index (χ3v) is 0.216. The lowest BCUT2D eigenvalue weighted by molar-refractivity contribution is 0.114. The molecule has 0 saturated heterocycles. The van der Waals surface area contributed by atoms with E-state index >= 15 is 0 Å². The van der Waals surface area contributed by atoms with E-state index in [4.69, 9.17) is 0 Å². The van der Waals surface area contributed by atoms with Crippen LogP contribution in [0.4, 0.5) is 4.79 Å². The monoisotopic (exact) mass is 110 g/mol. The van der Waals surface area contributed by atoms with E-state index in [2.05, 4.69) is 22.3 Å². The third kappa shape index (κ3) is 3.68. The number of nitrogens with one attached hydrogen (secondary N) is 1. The molecular weight excluding hydrogens is 107 g/mol. The number of rotatable bonds is 1. The van der Waals surface area contributed by atoms with Crippen molar-refractivity contribution in [3.05, 3.63) is 0 Å². The molecule has 0 heterocycles. The van der Waals surface area contributed by atoms with Crippen LogP contribution in [-0.2, 0) is 4.84 Å². The minimum Gasteiger partial charge on any atom is -0.343 e. The van der Waals surface area contributed by atoms with Crippen LogP contribution in [0.25, 0.3) is 0 Å². The molecule has 0 aliphatic carbocycles. The molecule has 0 aromatic heterocycles. The Morgan fingerprint density at radius 2 is 2.50 bits per heavy atom. The van der Waals surface area contributed by atoms with Gasteiger partial charge in [-0.25, -0.2) is 10.6 Å². The van der Waals surface area contributed by atoms with Gasteiger partial charge in [0.2, 0.25) is 0 Å². The highest BCUT2D eigenvalue weighted by Gasteiger charge is 1.86. The first-order chi connectivity index (χ1) is 2.77. The van der Waals surface area contributed by atoms with Crippen LogP contribution in [0, 0.1) is 0 Å². The Bertz CT molecular complexity index is 55.5. The van der Waals surface area contributed by atoms with E-state index in [0.717, 1.165) is 0 Å². The maximum absolute atomic E-state index is 9.44. The van der Waals surface area contributed by atoms with Gasteiger partial charge in [0.25, 0.3) is 0 Å². The van der Waals surface area contributed by atoms with E-state index in [-0.39, 0.29) is 0 Å². The Balaban J connectivity index is 2.83. The van der Waals surface area contributed by atoms with Crippen molar-refractivity contribution < 1.29 is 9.63 Å². The van der Waals surface area contributed by atoms with Crippen LogP contribution < -0.4 is 11.4 Å². The van der Waals surface area contributed by atoms with Crippen molar-refractivity contribution in [1.29, 1.82) is 0 Å². The summed E-state index contributed by atoms with van der Waals surface area (Å²) in [4.78, 5) is 13.1. The highest BCUT2D eigenvalue weighted by atomic mass is 35.5. The molecule has 0 radical (unpaired) electrons. The molecule has 0 aliphatic heterocycles. The zero-order valence-corrected chi connectivity index (χ0v) is 3.53. The van der Waals surface area contributed by atoms with Crippen LogP contribution in [0.15, 0.2) is 0 Å². The lowest BCUT2D eigenvalue weighted by Gasteiger charge is -1.87. The Kier molecular flexibility index (Phi) is 2.74. The molecular formula is CH3ClN2O2. The molecule has 0 bridgehead atoms. The summed E-state index contributed by atoms with van der Waals surface area (Å²) in [5.74, 6) is 4.45. The second-order valence-corrected chi connectivity index (χ2v) is 0.766. The summed E-state index contributed by atoms with van der Waals surface area (Å²) >= 11 is 4.57. The second-order valence-electron chi connectivity index (χ2n) is 0.458. The van der Waals surface area contributed by atoms with Crippen LogP contribution in [0.2, 0.25) is 0 Å². The van der Waals surface area contributed by atoms with Gasteiger partial charge in [0.15, 0.2) is 0 Å². The standard InChI is InChI=1S/CH3ClN2O2/c2-1(5)6-4-3/h4H,3H2. The van der Waals surface area contributed by atoms with Crippen molar-refractivity contribution in [3.63, 3.8) is 0 Å². The second kappa shape index (κ2) is 2.89. The van der Waals surface area contributed by atoms with Crippen molar-refractivity contribution in [2.45, 2.75) is 0 Å². The Morgan fingerprint density at radius 3 is 2.50 bits per heavy atom. The molecule has 0 spiro atoms. The van der Waals surface area contributed by atoms with Gasteiger partial charge in [0.1, 0.15) is 0 Å². The average Bonchev–Trinajstić information content (AvgIpc) is 1.35. The van der Waals surface area contributed by atoms with Gasteiger partial charge in [0.05, 0.1) is 0 Å². The zero-order chi connectivity index (χ0) is 4.99. The predicted octanol–water partition coefficient (Wildman–Crippen LogP) is -0.260. The normalized spacial score (nSPS) is 7.67. The number of nitrogens with two attached hydrogens (primary N) is 1. The van der Waals surface area contributed by atoms with Gasteiger partial charge in [0, 0.05) is 11.6 Å². The number of halogens is 1. The van der Waals surface area contributed by atoms with Gasteiger partial charge >= 0.3 is 5.43 Å². The molecule has 0 aromatic carbocycles. The van der Waals surface area contributed by atoms with Crippen molar-refractivity contribution in [3.8, 4) is 0 Å². The van der Waals surface area contributed by atoms with E-state index in [1.165, 1.54) is 0 Å². The summed E-state index contributed by atoms with van der Waals surface area (Å²) in [6.45, 7) is 0. The molecule has 0 fully saturated rings. The molecule has 0 unspecified atom stereocenters. The molecule has 0 rings (SSSR count). The van der Waals surface area contributed by atoms with Crippen LogP contribution in [0.1, 0.15) is 0 Å². The van der Waals surface area contributed by atoms with Gasteiger partial charge in [-0.2, -0.15) is 0 Å². The number of hydrogen-bond acceptors (Lipinski definition) is 4. The highest BCUT2D eigenvalue weighted by molar-refractivity contribution is 6.61. The van der Waals surface area contributed by atoms with Gasteiger partial charge < -0.3 is 4.84 Å². The zero-order valence-electron chi connectivity index (χ0n) is 2.77. The fourth-order valence-electron chi connectivity index (χ4n) is 0.0463. The molecule has 0 aliphatic rings. The van der Waals surface area contributed by atoms with E-state index in [1.807, 2.05) is 0 Å². The van der Waals surface area contributed by atoms with E-state index < -0.39 is 5.43 Å². The molecule has 4 nitrogen and oxygen atoms in total. The van der Waals surface area contributed by atoms with Gasteiger partial charge in [-0.1, -0.05) is 5.59 Å². The van der Waals surface area contributed by atoms with Crippen molar-refractivity contribution >= 4 is 17.0 Å². The molecule has 3 N–H and O–H groups in total. The Labute approximate surface area is 39.1 Å². The maximum Gasteiger partial charge on any atom is 0.423 e. The summed E-state index contributed by atoms with van der Waals surface area (Å²) in [5, 5.41) is 0. The maximum atomic E-state index is 9.44. The van der Waals surface area contributed by atoms with Crippen molar-refractivity contribution in [2.24, 2.45) is 5.84 Å². The number of hydrazine groups is 1. The van der Waals surface area contributed by atoms with Crippen molar-refractivity contribution in [2.75, 3.05) is 0 Å². The summed E-state index contributed by atoms with van der Waals surface area (Å²) in [6, 6.07) is 0. The van der Waals surface area contributed by atoms with E-state index in [1.54, 1.807) is 5.59 Å². The van der Waals surface area contributed by atoms with Crippen LogP contribution in [0.3, 0.4) is 0 Å². The topological polar surface area (TPSA) is 64.3 Å². The third-order valence-electron chi connectivity index (χ3n) is 0.139. The summed E-state index contributed by atoms with van der Waals surface area (Å²) in [7, 11) is 0. The fourth-order valence-corrected chi connectivity index (χ4v) is 0.0909. The van der Waals surface area contributed by atoms with Crippen LogP contribution in [0.5, 0.6) is 0 Å². The number of carbonyl (C=O) groups excluding carboxylic acids is 1. The fraction of sp³-hybridized carbons (Fsp3) is 0. The molecule has 0 saturated carbocycles. The van der Waals surface area contributed by atoms with E-state index in [0.29, 0.717) is 0 Å². The molecule has 0 atom stereocenters. The SMILES string of the molecule is NNOC(=O)Cl. The van der Waals surface area contributed by atoms with E-state index in [9.17, 15) is 4.79 Å². The van der Waals surface area contributed by atoms with Crippen LogP contribution in [-0.4, -0.2) is 5.43 Å². The van der Waals surface area contributed by atoms with Crippen molar-refractivity contribution in [1.82, 2.24) is 5.59 Å². The first kappa shape index (κ1) is 5.68.